The standard InChI is InChI=1S/C19H28N2O3/c1-4-15(2)19(23)21-13-11-20(12-14-21)18(22)10-7-16-5-8-17(24-3)9-6-16/h5-6,8-9,15H,4,7,10-14H2,1-3H3. The second kappa shape index (κ2) is 8.71. The quantitative estimate of drug-likeness (QED) is 0.803. The molecule has 1 saturated heterocycles. The number of carbonyl (C=O) groups excluding carboxylic acids is 2. The number of piperazine rings is 1. The van der Waals surface area contributed by atoms with Crippen LogP contribution in [0, 0.1) is 5.92 Å². The number of ether oxygens (including phenoxy) is 1. The molecule has 0 N–H and O–H groups in total. The molecule has 0 aliphatic carbocycles. The lowest BCUT2D eigenvalue weighted by molar-refractivity contribution is -0.141. The van der Waals surface area contributed by atoms with Crippen LogP contribution in [-0.2, 0) is 16.0 Å². The van der Waals surface area contributed by atoms with Gasteiger partial charge in [0.25, 0.3) is 0 Å². The molecule has 132 valence electrons. The molecule has 5 nitrogen and oxygen atoms in total. The minimum absolute atomic E-state index is 0.0716. The van der Waals surface area contributed by atoms with Crippen molar-refractivity contribution in [1.29, 1.82) is 0 Å². The van der Waals surface area contributed by atoms with Gasteiger partial charge in [0.1, 0.15) is 5.75 Å². The number of aryl methyl sites for hydroxylation is 1. The van der Waals surface area contributed by atoms with Crippen LogP contribution >= 0.6 is 0 Å². The normalized spacial score (nSPS) is 16.0. The molecule has 0 saturated carbocycles. The van der Waals surface area contributed by atoms with Crippen LogP contribution in [-0.4, -0.2) is 54.9 Å². The summed E-state index contributed by atoms with van der Waals surface area (Å²) in [5.41, 5.74) is 1.13. The fourth-order valence-corrected chi connectivity index (χ4v) is 2.86. The third kappa shape index (κ3) is 4.73. The first kappa shape index (κ1) is 18.3. The van der Waals surface area contributed by atoms with Gasteiger partial charge in [-0.25, -0.2) is 0 Å². The third-order valence-corrected chi connectivity index (χ3v) is 4.76. The molecule has 1 aromatic carbocycles. The second-order valence-electron chi connectivity index (χ2n) is 6.36. The minimum Gasteiger partial charge on any atom is -0.497 e. The molecular formula is C19H28N2O3. The Hall–Kier alpha value is -2.04. The van der Waals surface area contributed by atoms with Gasteiger partial charge in [-0.05, 0) is 30.5 Å². The van der Waals surface area contributed by atoms with Crippen molar-refractivity contribution in [2.24, 2.45) is 5.92 Å². The zero-order chi connectivity index (χ0) is 17.5. The first-order chi connectivity index (χ1) is 11.5. The molecule has 1 aliphatic heterocycles. The maximum Gasteiger partial charge on any atom is 0.225 e. The number of hydrogen-bond acceptors (Lipinski definition) is 3. The molecule has 1 aromatic rings. The van der Waals surface area contributed by atoms with E-state index in [0.717, 1.165) is 24.2 Å². The Bertz CT molecular complexity index is 548. The van der Waals surface area contributed by atoms with Crippen molar-refractivity contribution in [3.63, 3.8) is 0 Å². The lowest BCUT2D eigenvalue weighted by atomic mass is 10.1. The van der Waals surface area contributed by atoms with Crippen LogP contribution in [0.4, 0.5) is 0 Å². The van der Waals surface area contributed by atoms with E-state index < -0.39 is 0 Å². The summed E-state index contributed by atoms with van der Waals surface area (Å²) in [4.78, 5) is 28.3. The molecule has 0 radical (unpaired) electrons. The van der Waals surface area contributed by atoms with Crippen LogP contribution in [0.2, 0.25) is 0 Å². The Balaban J connectivity index is 1.77. The van der Waals surface area contributed by atoms with Gasteiger partial charge in [0, 0.05) is 38.5 Å². The topological polar surface area (TPSA) is 49.9 Å². The Labute approximate surface area is 144 Å². The molecule has 1 heterocycles. The van der Waals surface area contributed by atoms with Crippen LogP contribution < -0.4 is 4.74 Å². The first-order valence-electron chi connectivity index (χ1n) is 8.74. The second-order valence-corrected chi connectivity index (χ2v) is 6.36. The number of nitrogens with zero attached hydrogens (tertiary/aromatic N) is 2. The molecular weight excluding hydrogens is 304 g/mol. The molecule has 1 fully saturated rings. The zero-order valence-electron chi connectivity index (χ0n) is 15.0. The fourth-order valence-electron chi connectivity index (χ4n) is 2.86. The molecule has 1 unspecified atom stereocenters. The lowest BCUT2D eigenvalue weighted by Crippen LogP contribution is -2.51. The van der Waals surface area contributed by atoms with Gasteiger partial charge in [0.15, 0.2) is 0 Å². The molecule has 2 rings (SSSR count). The van der Waals surface area contributed by atoms with Gasteiger partial charge in [-0.2, -0.15) is 0 Å². The van der Waals surface area contributed by atoms with Crippen LogP contribution in [0.3, 0.4) is 0 Å². The van der Waals surface area contributed by atoms with Crippen LogP contribution in [0.15, 0.2) is 24.3 Å². The van der Waals surface area contributed by atoms with E-state index in [1.807, 2.05) is 47.9 Å². The highest BCUT2D eigenvalue weighted by Gasteiger charge is 2.25. The molecule has 1 aliphatic rings. The SMILES string of the molecule is CCC(C)C(=O)N1CCN(C(=O)CCc2ccc(OC)cc2)CC1. The summed E-state index contributed by atoms with van der Waals surface area (Å²) in [5, 5.41) is 0. The van der Waals surface area contributed by atoms with E-state index in [0.29, 0.717) is 32.6 Å². The van der Waals surface area contributed by atoms with Gasteiger partial charge in [0.2, 0.25) is 11.8 Å². The Morgan fingerprint density at radius 2 is 1.67 bits per heavy atom. The van der Waals surface area contributed by atoms with E-state index in [2.05, 4.69) is 0 Å². The summed E-state index contributed by atoms with van der Waals surface area (Å²) in [5.74, 6) is 1.28. The lowest BCUT2D eigenvalue weighted by Gasteiger charge is -2.36. The van der Waals surface area contributed by atoms with Crippen molar-refractivity contribution in [3.8, 4) is 5.75 Å². The average Bonchev–Trinajstić information content (AvgIpc) is 2.65. The van der Waals surface area contributed by atoms with Crippen LogP contribution in [0.1, 0.15) is 32.3 Å². The Morgan fingerprint density at radius 1 is 1.08 bits per heavy atom. The number of benzene rings is 1. The smallest absolute Gasteiger partial charge is 0.225 e. The van der Waals surface area contributed by atoms with Crippen LogP contribution in [0.5, 0.6) is 5.75 Å². The predicted molar refractivity (Wildman–Crippen MR) is 93.9 cm³/mol. The zero-order valence-corrected chi connectivity index (χ0v) is 15.0. The number of hydrogen-bond donors (Lipinski definition) is 0. The number of carbonyl (C=O) groups is 2. The maximum absolute atomic E-state index is 12.4. The number of methoxy groups -OCH3 is 1. The average molecular weight is 332 g/mol. The van der Waals surface area contributed by atoms with E-state index in [-0.39, 0.29) is 17.7 Å². The highest BCUT2D eigenvalue weighted by Crippen LogP contribution is 2.14. The van der Waals surface area contributed by atoms with Gasteiger partial charge < -0.3 is 14.5 Å². The van der Waals surface area contributed by atoms with E-state index in [4.69, 9.17) is 4.74 Å². The third-order valence-electron chi connectivity index (χ3n) is 4.76. The largest absolute Gasteiger partial charge is 0.497 e. The highest BCUT2D eigenvalue weighted by atomic mass is 16.5. The summed E-state index contributed by atoms with van der Waals surface area (Å²) in [7, 11) is 1.64. The Morgan fingerprint density at radius 3 is 2.21 bits per heavy atom. The van der Waals surface area contributed by atoms with E-state index >= 15 is 0 Å². The molecule has 1 atom stereocenters. The number of rotatable bonds is 6. The van der Waals surface area contributed by atoms with E-state index in [1.165, 1.54) is 0 Å². The summed E-state index contributed by atoms with van der Waals surface area (Å²) in [6, 6.07) is 7.82. The predicted octanol–water partition coefficient (Wildman–Crippen LogP) is 2.34. The van der Waals surface area contributed by atoms with Crippen molar-refractivity contribution >= 4 is 11.8 Å². The molecule has 0 bridgehead atoms. The molecule has 24 heavy (non-hydrogen) atoms. The minimum atomic E-state index is 0.0716. The van der Waals surface area contributed by atoms with Gasteiger partial charge >= 0.3 is 0 Å². The molecule has 2 amide bonds. The monoisotopic (exact) mass is 332 g/mol. The van der Waals surface area contributed by atoms with Gasteiger partial charge in [-0.15, -0.1) is 0 Å². The van der Waals surface area contributed by atoms with Crippen LogP contribution in [0.25, 0.3) is 0 Å². The van der Waals surface area contributed by atoms with Crippen molar-refractivity contribution < 1.29 is 14.3 Å². The summed E-state index contributed by atoms with van der Waals surface area (Å²) in [6.45, 7) is 6.58. The summed E-state index contributed by atoms with van der Waals surface area (Å²) < 4.78 is 5.14. The van der Waals surface area contributed by atoms with E-state index in [9.17, 15) is 9.59 Å². The fraction of sp³-hybridized carbons (Fsp3) is 0.579. The Kier molecular flexibility index (Phi) is 6.64. The molecule has 0 spiro atoms. The van der Waals surface area contributed by atoms with Gasteiger partial charge in [-0.3, -0.25) is 9.59 Å². The van der Waals surface area contributed by atoms with Crippen molar-refractivity contribution in [2.75, 3.05) is 33.3 Å². The van der Waals surface area contributed by atoms with Crippen molar-refractivity contribution in [1.82, 2.24) is 9.80 Å². The molecule has 5 heteroatoms. The highest BCUT2D eigenvalue weighted by molar-refractivity contribution is 5.80. The van der Waals surface area contributed by atoms with Gasteiger partial charge in [0.05, 0.1) is 7.11 Å². The maximum atomic E-state index is 12.4. The number of amides is 2. The summed E-state index contributed by atoms with van der Waals surface area (Å²) >= 11 is 0. The van der Waals surface area contributed by atoms with Crippen molar-refractivity contribution in [2.45, 2.75) is 33.1 Å². The van der Waals surface area contributed by atoms with Crippen molar-refractivity contribution in [3.05, 3.63) is 29.8 Å². The first-order valence-corrected chi connectivity index (χ1v) is 8.74. The summed E-state index contributed by atoms with van der Waals surface area (Å²) in [6.07, 6.45) is 2.10. The van der Waals surface area contributed by atoms with Gasteiger partial charge in [-0.1, -0.05) is 26.0 Å². The van der Waals surface area contributed by atoms with E-state index in [1.54, 1.807) is 7.11 Å². The molecule has 0 aromatic heterocycles.